The summed E-state index contributed by atoms with van der Waals surface area (Å²) in [5.41, 5.74) is 0.0709. The first kappa shape index (κ1) is 15.2. The van der Waals surface area contributed by atoms with Crippen LogP contribution in [0.15, 0.2) is 18.2 Å². The normalized spacial score (nSPS) is 17.8. The van der Waals surface area contributed by atoms with E-state index in [9.17, 15) is 14.9 Å². The average Bonchev–Trinajstić information content (AvgIpc) is 2.94. The van der Waals surface area contributed by atoms with Crippen LogP contribution in [0.2, 0.25) is 0 Å². The largest absolute Gasteiger partial charge is 0.490 e. The molecule has 1 aliphatic rings. The number of aliphatic hydroxyl groups is 1. The van der Waals surface area contributed by atoms with E-state index in [1.165, 1.54) is 25.3 Å². The van der Waals surface area contributed by atoms with Crippen LogP contribution in [-0.2, 0) is 0 Å². The van der Waals surface area contributed by atoms with Crippen molar-refractivity contribution in [2.24, 2.45) is 5.92 Å². The van der Waals surface area contributed by atoms with E-state index in [2.05, 4.69) is 0 Å². The van der Waals surface area contributed by atoms with Gasteiger partial charge in [-0.1, -0.05) is 0 Å². The predicted octanol–water partition coefficient (Wildman–Crippen LogP) is 1.45. The molecule has 114 valence electrons. The number of nitro benzene ring substituents is 1. The fourth-order valence-electron chi connectivity index (χ4n) is 2.58. The number of aliphatic hydroxyl groups excluding tert-OH is 1. The number of hydrogen-bond donors (Lipinski definition) is 1. The van der Waals surface area contributed by atoms with Gasteiger partial charge in [0.15, 0.2) is 5.75 Å². The summed E-state index contributed by atoms with van der Waals surface area (Å²) in [5, 5.41) is 19.9. The molecule has 0 aliphatic carbocycles. The van der Waals surface area contributed by atoms with E-state index in [1.807, 2.05) is 0 Å². The molecule has 7 heteroatoms. The lowest BCUT2D eigenvalue weighted by Gasteiger charge is -2.16. The van der Waals surface area contributed by atoms with Crippen LogP contribution in [0.5, 0.6) is 5.75 Å². The fourth-order valence-corrected chi connectivity index (χ4v) is 2.58. The molecule has 1 fully saturated rings. The van der Waals surface area contributed by atoms with Crippen molar-refractivity contribution in [3.63, 3.8) is 0 Å². The van der Waals surface area contributed by atoms with E-state index in [1.54, 1.807) is 4.90 Å². The Balaban J connectivity index is 2.17. The molecule has 0 aromatic heterocycles. The van der Waals surface area contributed by atoms with Gasteiger partial charge in [0.1, 0.15) is 0 Å². The number of hydrogen-bond acceptors (Lipinski definition) is 5. The molecule has 0 saturated carbocycles. The van der Waals surface area contributed by atoms with Gasteiger partial charge < -0.3 is 14.7 Å². The molecule has 2 rings (SSSR count). The smallest absolute Gasteiger partial charge is 0.311 e. The molecule has 1 aromatic rings. The minimum atomic E-state index is -0.561. The molecule has 21 heavy (non-hydrogen) atoms. The Hall–Kier alpha value is -2.15. The molecule has 1 aliphatic heterocycles. The summed E-state index contributed by atoms with van der Waals surface area (Å²) in [6.45, 7) is 1.31. The molecule has 1 heterocycles. The van der Waals surface area contributed by atoms with Crippen molar-refractivity contribution in [3.8, 4) is 5.75 Å². The number of ether oxygens (including phenoxy) is 1. The van der Waals surface area contributed by atoms with Gasteiger partial charge in [-0.05, 0) is 30.9 Å². The molecule has 1 amide bonds. The van der Waals surface area contributed by atoms with Gasteiger partial charge in [-0.2, -0.15) is 0 Å². The molecule has 0 radical (unpaired) electrons. The Kier molecular flexibility index (Phi) is 4.74. The van der Waals surface area contributed by atoms with E-state index in [0.717, 1.165) is 6.42 Å². The predicted molar refractivity (Wildman–Crippen MR) is 75.4 cm³/mol. The van der Waals surface area contributed by atoms with Gasteiger partial charge in [-0.3, -0.25) is 14.9 Å². The van der Waals surface area contributed by atoms with Crippen LogP contribution < -0.4 is 4.74 Å². The van der Waals surface area contributed by atoms with Crippen LogP contribution >= 0.6 is 0 Å². The van der Waals surface area contributed by atoms with E-state index in [-0.39, 0.29) is 29.5 Å². The average molecular weight is 294 g/mol. The quantitative estimate of drug-likeness (QED) is 0.655. The number of nitrogens with zero attached hydrogens (tertiary/aromatic N) is 2. The zero-order chi connectivity index (χ0) is 15.4. The summed E-state index contributed by atoms with van der Waals surface area (Å²) in [4.78, 5) is 24.5. The van der Waals surface area contributed by atoms with Gasteiger partial charge in [-0.15, -0.1) is 0 Å². The summed E-state index contributed by atoms with van der Waals surface area (Å²) < 4.78 is 4.92. The molecule has 1 saturated heterocycles. The highest BCUT2D eigenvalue weighted by atomic mass is 16.6. The van der Waals surface area contributed by atoms with Crippen molar-refractivity contribution in [3.05, 3.63) is 33.9 Å². The summed E-state index contributed by atoms with van der Waals surface area (Å²) >= 11 is 0. The number of nitro groups is 1. The van der Waals surface area contributed by atoms with Gasteiger partial charge in [0.05, 0.1) is 12.0 Å². The molecule has 0 spiro atoms. The zero-order valence-electron chi connectivity index (χ0n) is 11.8. The van der Waals surface area contributed by atoms with Crippen LogP contribution in [0.3, 0.4) is 0 Å². The minimum absolute atomic E-state index is 0.112. The van der Waals surface area contributed by atoms with Crippen molar-refractivity contribution >= 4 is 11.6 Å². The lowest BCUT2D eigenvalue weighted by molar-refractivity contribution is -0.385. The summed E-state index contributed by atoms with van der Waals surface area (Å²) in [7, 11) is 1.35. The third-order valence-corrected chi connectivity index (χ3v) is 3.73. The second-order valence-corrected chi connectivity index (χ2v) is 5.06. The van der Waals surface area contributed by atoms with Crippen LogP contribution in [0.25, 0.3) is 0 Å². The topological polar surface area (TPSA) is 92.9 Å². The Morgan fingerprint density at radius 2 is 2.33 bits per heavy atom. The fraction of sp³-hybridized carbons (Fsp3) is 0.500. The highest BCUT2D eigenvalue weighted by molar-refractivity contribution is 5.95. The van der Waals surface area contributed by atoms with Crippen molar-refractivity contribution in [2.45, 2.75) is 12.8 Å². The first-order valence-electron chi connectivity index (χ1n) is 6.79. The number of carbonyl (C=O) groups is 1. The van der Waals surface area contributed by atoms with Gasteiger partial charge in [0.25, 0.3) is 5.91 Å². The first-order chi connectivity index (χ1) is 10.1. The molecule has 0 bridgehead atoms. The highest BCUT2D eigenvalue weighted by Gasteiger charge is 2.28. The maximum Gasteiger partial charge on any atom is 0.311 e. The molecule has 1 N–H and O–H groups in total. The van der Waals surface area contributed by atoms with Gasteiger partial charge in [0, 0.05) is 31.3 Å². The third-order valence-electron chi connectivity index (χ3n) is 3.73. The van der Waals surface area contributed by atoms with Crippen molar-refractivity contribution in [1.82, 2.24) is 4.90 Å². The Labute approximate surface area is 122 Å². The lowest BCUT2D eigenvalue weighted by atomic mass is 10.1. The maximum absolute atomic E-state index is 12.4. The maximum atomic E-state index is 12.4. The molecular weight excluding hydrogens is 276 g/mol. The van der Waals surface area contributed by atoms with Gasteiger partial charge in [0.2, 0.25) is 0 Å². The number of amides is 1. The molecular formula is C14H18N2O5. The van der Waals surface area contributed by atoms with Gasteiger partial charge in [-0.25, -0.2) is 0 Å². The number of likely N-dealkylation sites (tertiary alicyclic amines) is 1. The number of methoxy groups -OCH3 is 1. The second-order valence-electron chi connectivity index (χ2n) is 5.06. The summed E-state index contributed by atoms with van der Waals surface area (Å²) in [5.74, 6) is 0.213. The Morgan fingerprint density at radius 1 is 1.57 bits per heavy atom. The molecule has 1 aromatic carbocycles. The highest BCUT2D eigenvalue weighted by Crippen LogP contribution is 2.29. The van der Waals surface area contributed by atoms with Crippen LogP contribution in [0.4, 0.5) is 5.69 Å². The Morgan fingerprint density at radius 3 is 2.95 bits per heavy atom. The van der Waals surface area contributed by atoms with Crippen molar-refractivity contribution in [1.29, 1.82) is 0 Å². The second kappa shape index (κ2) is 6.53. The standard InChI is InChI=1S/C14H18N2O5/c1-21-13-3-2-11(8-12(13)16(19)20)14(18)15-6-4-10(9-15)5-7-17/h2-3,8,10,17H,4-7,9H2,1H3. The van der Waals surface area contributed by atoms with E-state index in [4.69, 9.17) is 9.84 Å². The zero-order valence-corrected chi connectivity index (χ0v) is 11.8. The van der Waals surface area contributed by atoms with Gasteiger partial charge >= 0.3 is 5.69 Å². The summed E-state index contributed by atoms with van der Waals surface area (Å²) in [6, 6.07) is 4.22. The number of rotatable bonds is 5. The number of carbonyl (C=O) groups excluding carboxylic acids is 1. The Bertz CT molecular complexity index is 546. The van der Waals surface area contributed by atoms with Crippen LogP contribution in [0.1, 0.15) is 23.2 Å². The van der Waals surface area contributed by atoms with Crippen LogP contribution in [0, 0.1) is 16.0 Å². The van der Waals surface area contributed by atoms with Crippen molar-refractivity contribution in [2.75, 3.05) is 26.8 Å². The number of benzene rings is 1. The molecule has 1 atom stereocenters. The van der Waals surface area contributed by atoms with E-state index in [0.29, 0.717) is 25.4 Å². The SMILES string of the molecule is COc1ccc(C(=O)N2CCC(CCO)C2)cc1[N+](=O)[O-]. The molecule has 1 unspecified atom stereocenters. The first-order valence-corrected chi connectivity index (χ1v) is 6.79. The minimum Gasteiger partial charge on any atom is -0.490 e. The lowest BCUT2D eigenvalue weighted by Crippen LogP contribution is -2.28. The third kappa shape index (κ3) is 3.30. The van der Waals surface area contributed by atoms with Crippen LogP contribution in [-0.4, -0.2) is 47.6 Å². The van der Waals surface area contributed by atoms with Crippen molar-refractivity contribution < 1.29 is 19.6 Å². The van der Waals surface area contributed by atoms with E-state index >= 15 is 0 Å². The molecule has 7 nitrogen and oxygen atoms in total. The van der Waals surface area contributed by atoms with E-state index < -0.39 is 4.92 Å². The monoisotopic (exact) mass is 294 g/mol. The summed E-state index contributed by atoms with van der Waals surface area (Å²) in [6.07, 6.45) is 1.52.